The number of ether oxygens (including phenoxy) is 1. The fourth-order valence-electron chi connectivity index (χ4n) is 2.71. The molecule has 8 heteroatoms. The molecule has 1 amide bonds. The predicted molar refractivity (Wildman–Crippen MR) is 110 cm³/mol. The molecule has 0 spiro atoms. The molecule has 0 saturated carbocycles. The van der Waals surface area contributed by atoms with Gasteiger partial charge < -0.3 is 10.5 Å². The SMILES string of the molecule is CN(C(=O)OC(C)(C)C)C(c1ccc(N)cc1)c1nnc(-c2ccccc2)nn1. The molecular weight excluding hydrogens is 368 g/mol. The molecule has 2 aromatic carbocycles. The molecule has 1 heterocycles. The fraction of sp³-hybridized carbons (Fsp3) is 0.286. The Morgan fingerprint density at radius 2 is 1.55 bits per heavy atom. The maximum absolute atomic E-state index is 12.7. The van der Waals surface area contributed by atoms with Gasteiger partial charge in [-0.25, -0.2) is 4.79 Å². The maximum Gasteiger partial charge on any atom is 0.410 e. The smallest absolute Gasteiger partial charge is 0.410 e. The molecule has 1 atom stereocenters. The van der Waals surface area contributed by atoms with Crippen LogP contribution >= 0.6 is 0 Å². The average Bonchev–Trinajstić information content (AvgIpc) is 2.69. The van der Waals surface area contributed by atoms with Crippen LogP contribution in [0, 0.1) is 0 Å². The number of nitrogen functional groups attached to an aromatic ring is 1. The monoisotopic (exact) mass is 392 g/mol. The molecular formula is C21H24N6O2. The van der Waals surface area contributed by atoms with Gasteiger partial charge in [0.25, 0.3) is 0 Å². The Balaban J connectivity index is 1.96. The van der Waals surface area contributed by atoms with Crippen LogP contribution in [0.4, 0.5) is 10.5 Å². The summed E-state index contributed by atoms with van der Waals surface area (Å²) >= 11 is 0. The summed E-state index contributed by atoms with van der Waals surface area (Å²) in [5.41, 5.74) is 7.37. The highest BCUT2D eigenvalue weighted by Gasteiger charge is 2.30. The Bertz CT molecular complexity index is 953. The van der Waals surface area contributed by atoms with Gasteiger partial charge in [0.2, 0.25) is 11.6 Å². The highest BCUT2D eigenvalue weighted by molar-refractivity contribution is 5.69. The third-order valence-electron chi connectivity index (χ3n) is 4.09. The number of rotatable bonds is 4. The molecule has 2 N–H and O–H groups in total. The summed E-state index contributed by atoms with van der Waals surface area (Å²) in [6.07, 6.45) is -0.505. The zero-order valence-corrected chi connectivity index (χ0v) is 16.9. The van der Waals surface area contributed by atoms with Gasteiger partial charge in [0.1, 0.15) is 11.6 Å². The quantitative estimate of drug-likeness (QED) is 0.677. The molecule has 0 bridgehead atoms. The van der Waals surface area contributed by atoms with Crippen LogP contribution < -0.4 is 5.73 Å². The highest BCUT2D eigenvalue weighted by atomic mass is 16.6. The normalized spacial score (nSPS) is 12.3. The van der Waals surface area contributed by atoms with Gasteiger partial charge in [-0.2, -0.15) is 0 Å². The number of nitrogens with zero attached hydrogens (tertiary/aromatic N) is 5. The van der Waals surface area contributed by atoms with E-state index in [9.17, 15) is 4.79 Å². The molecule has 0 aliphatic heterocycles. The number of carbonyl (C=O) groups excluding carboxylic acids is 1. The summed E-state index contributed by atoms with van der Waals surface area (Å²) in [5, 5.41) is 16.9. The first-order valence-electron chi connectivity index (χ1n) is 9.18. The lowest BCUT2D eigenvalue weighted by Crippen LogP contribution is -2.38. The Hall–Kier alpha value is -3.55. The molecule has 0 saturated heterocycles. The average molecular weight is 392 g/mol. The molecule has 1 aromatic heterocycles. The van der Waals surface area contributed by atoms with Gasteiger partial charge in [-0.05, 0) is 38.5 Å². The molecule has 3 aromatic rings. The summed E-state index contributed by atoms with van der Waals surface area (Å²) in [6.45, 7) is 5.43. The van der Waals surface area contributed by atoms with Gasteiger partial charge >= 0.3 is 6.09 Å². The van der Waals surface area contributed by atoms with E-state index in [1.54, 1.807) is 19.2 Å². The predicted octanol–water partition coefficient (Wildman–Crippen LogP) is 3.47. The van der Waals surface area contributed by atoms with Crippen LogP contribution in [0.1, 0.15) is 38.2 Å². The van der Waals surface area contributed by atoms with Crippen LogP contribution in [0.2, 0.25) is 0 Å². The molecule has 150 valence electrons. The third-order valence-corrected chi connectivity index (χ3v) is 4.09. The standard InChI is InChI=1S/C21H24N6O2/c1-21(2,3)29-20(28)27(4)17(14-10-12-16(22)13-11-14)19-25-23-18(24-26-19)15-8-6-5-7-9-15/h5-13,17H,22H2,1-4H3. The largest absolute Gasteiger partial charge is 0.444 e. The van der Waals surface area contributed by atoms with Crippen LogP contribution in [0.15, 0.2) is 54.6 Å². The first-order chi connectivity index (χ1) is 13.7. The summed E-state index contributed by atoms with van der Waals surface area (Å²) in [4.78, 5) is 14.1. The van der Waals surface area contributed by atoms with E-state index in [1.807, 2.05) is 63.2 Å². The van der Waals surface area contributed by atoms with Gasteiger partial charge in [-0.3, -0.25) is 4.90 Å². The summed E-state index contributed by atoms with van der Waals surface area (Å²) < 4.78 is 5.51. The molecule has 0 aliphatic rings. The number of carbonyl (C=O) groups is 1. The summed E-state index contributed by atoms with van der Waals surface area (Å²) in [5.74, 6) is 0.688. The minimum Gasteiger partial charge on any atom is -0.444 e. The van der Waals surface area contributed by atoms with Crippen molar-refractivity contribution in [1.29, 1.82) is 0 Å². The molecule has 8 nitrogen and oxygen atoms in total. The minimum absolute atomic E-state index is 0.280. The van der Waals surface area contributed by atoms with Gasteiger partial charge in [-0.1, -0.05) is 42.5 Å². The lowest BCUT2D eigenvalue weighted by atomic mass is 10.0. The van der Waals surface area contributed by atoms with Crippen molar-refractivity contribution >= 4 is 11.8 Å². The number of nitrogens with two attached hydrogens (primary N) is 1. The molecule has 0 aliphatic carbocycles. The second kappa shape index (κ2) is 8.22. The van der Waals surface area contributed by atoms with Crippen molar-refractivity contribution < 1.29 is 9.53 Å². The van der Waals surface area contributed by atoms with Crippen molar-refractivity contribution in [3.63, 3.8) is 0 Å². The van der Waals surface area contributed by atoms with Crippen molar-refractivity contribution in [3.8, 4) is 11.4 Å². The lowest BCUT2D eigenvalue weighted by Gasteiger charge is -2.29. The number of anilines is 1. The van der Waals surface area contributed by atoms with Gasteiger partial charge in [-0.15, -0.1) is 20.4 Å². The van der Waals surface area contributed by atoms with Crippen LogP contribution in [-0.4, -0.2) is 44.0 Å². The highest BCUT2D eigenvalue weighted by Crippen LogP contribution is 2.27. The zero-order chi connectivity index (χ0) is 21.0. The van der Waals surface area contributed by atoms with Crippen LogP contribution in [-0.2, 0) is 4.74 Å². The second-order valence-corrected chi connectivity index (χ2v) is 7.61. The van der Waals surface area contributed by atoms with Crippen molar-refractivity contribution in [2.45, 2.75) is 32.4 Å². The minimum atomic E-state index is -0.633. The van der Waals surface area contributed by atoms with E-state index in [4.69, 9.17) is 10.5 Å². The summed E-state index contributed by atoms with van der Waals surface area (Å²) in [6, 6.07) is 16.0. The lowest BCUT2D eigenvalue weighted by molar-refractivity contribution is 0.0241. The molecule has 1 unspecified atom stereocenters. The van der Waals surface area contributed by atoms with Crippen molar-refractivity contribution in [3.05, 3.63) is 66.0 Å². The molecule has 0 radical (unpaired) electrons. The number of benzene rings is 2. The Kier molecular flexibility index (Phi) is 5.72. The van der Waals surface area contributed by atoms with E-state index in [-0.39, 0.29) is 5.82 Å². The van der Waals surface area contributed by atoms with Crippen LogP contribution in [0.5, 0.6) is 0 Å². The Morgan fingerprint density at radius 1 is 0.966 bits per heavy atom. The molecule has 0 fully saturated rings. The first kappa shape index (κ1) is 20.2. The number of hydrogen-bond acceptors (Lipinski definition) is 7. The molecule has 3 rings (SSSR count). The van der Waals surface area contributed by atoms with Crippen molar-refractivity contribution in [2.24, 2.45) is 0 Å². The summed E-state index contributed by atoms with van der Waals surface area (Å²) in [7, 11) is 1.63. The number of hydrogen-bond donors (Lipinski definition) is 1. The van der Waals surface area contributed by atoms with Crippen molar-refractivity contribution in [1.82, 2.24) is 25.3 Å². The number of amides is 1. The van der Waals surface area contributed by atoms with Crippen molar-refractivity contribution in [2.75, 3.05) is 12.8 Å². The Morgan fingerprint density at radius 3 is 2.10 bits per heavy atom. The van der Waals surface area contributed by atoms with Crippen LogP contribution in [0.3, 0.4) is 0 Å². The zero-order valence-electron chi connectivity index (χ0n) is 16.9. The van der Waals surface area contributed by atoms with Gasteiger partial charge in [0, 0.05) is 18.3 Å². The van der Waals surface area contributed by atoms with Gasteiger partial charge in [0.15, 0.2) is 0 Å². The van der Waals surface area contributed by atoms with Crippen LogP contribution in [0.25, 0.3) is 11.4 Å². The topological polar surface area (TPSA) is 107 Å². The van der Waals surface area contributed by atoms with Gasteiger partial charge in [0.05, 0.1) is 0 Å². The van der Waals surface area contributed by atoms with E-state index in [2.05, 4.69) is 20.4 Å². The van der Waals surface area contributed by atoms with E-state index < -0.39 is 17.7 Å². The third kappa shape index (κ3) is 5.04. The molecule has 29 heavy (non-hydrogen) atoms. The van der Waals surface area contributed by atoms with E-state index >= 15 is 0 Å². The number of aromatic nitrogens is 4. The fourth-order valence-corrected chi connectivity index (χ4v) is 2.71. The first-order valence-corrected chi connectivity index (χ1v) is 9.18. The van der Waals surface area contributed by atoms with E-state index in [1.165, 1.54) is 4.90 Å². The maximum atomic E-state index is 12.7. The second-order valence-electron chi connectivity index (χ2n) is 7.61. The van der Waals surface area contributed by atoms with E-state index in [0.717, 1.165) is 11.1 Å². The van der Waals surface area contributed by atoms with E-state index in [0.29, 0.717) is 11.5 Å². The Labute approximate surface area is 169 Å².